The number of anilines is 2. The van der Waals surface area contributed by atoms with Gasteiger partial charge in [0.2, 0.25) is 0 Å². The maximum Gasteiger partial charge on any atom is 0.165 e. The number of rotatable bonds is 4. The van der Waals surface area contributed by atoms with E-state index in [4.69, 9.17) is 9.72 Å². The van der Waals surface area contributed by atoms with Crippen LogP contribution in [0.5, 0.6) is 5.75 Å². The normalized spacial score (nSPS) is 12.9. The average Bonchev–Trinajstić information content (AvgIpc) is 3.03. The van der Waals surface area contributed by atoms with E-state index in [1.807, 2.05) is 55.2 Å². The van der Waals surface area contributed by atoms with Gasteiger partial charge in [-0.05, 0) is 50.5 Å². The lowest BCUT2D eigenvalue weighted by atomic mass is 10.2. The molecule has 128 valence electrons. The summed E-state index contributed by atoms with van der Waals surface area (Å²) in [7, 11) is 5.69. The predicted octanol–water partition coefficient (Wildman–Crippen LogP) is 2.38. The van der Waals surface area contributed by atoms with Crippen molar-refractivity contribution in [3.63, 3.8) is 0 Å². The maximum absolute atomic E-state index is 5.26. The Kier molecular flexibility index (Phi) is 3.85. The summed E-state index contributed by atoms with van der Waals surface area (Å²) in [5, 5.41) is 4.66. The molecular weight excluding hydrogens is 316 g/mol. The molecule has 0 saturated carbocycles. The first kappa shape index (κ1) is 15.6. The highest BCUT2D eigenvalue weighted by atomic mass is 16.5. The van der Waals surface area contributed by atoms with Crippen LogP contribution in [0.25, 0.3) is 5.69 Å². The van der Waals surface area contributed by atoms with Crippen LogP contribution >= 0.6 is 0 Å². The summed E-state index contributed by atoms with van der Waals surface area (Å²) in [6.07, 6.45) is 1.80. The lowest BCUT2D eigenvalue weighted by Gasteiger charge is -2.29. The zero-order valence-electron chi connectivity index (χ0n) is 14.5. The fourth-order valence-electron chi connectivity index (χ4n) is 2.99. The second-order valence-electron chi connectivity index (χ2n) is 6.22. The summed E-state index contributed by atoms with van der Waals surface area (Å²) in [6.45, 7) is 1.33. The summed E-state index contributed by atoms with van der Waals surface area (Å²) in [4.78, 5) is 13.5. The monoisotopic (exact) mass is 336 g/mol. The third kappa shape index (κ3) is 2.83. The summed E-state index contributed by atoms with van der Waals surface area (Å²) in [5.74, 6) is 3.43. The lowest BCUT2D eigenvalue weighted by molar-refractivity contribution is 0.390. The van der Waals surface area contributed by atoms with Crippen molar-refractivity contribution >= 4 is 11.5 Å². The molecular formula is C18H20N6O. The van der Waals surface area contributed by atoms with Crippen LogP contribution in [-0.2, 0) is 13.1 Å². The van der Waals surface area contributed by atoms with Crippen molar-refractivity contribution in [1.29, 1.82) is 0 Å². The van der Waals surface area contributed by atoms with Crippen LogP contribution in [-0.4, -0.2) is 45.9 Å². The van der Waals surface area contributed by atoms with E-state index < -0.39 is 0 Å². The molecule has 0 fully saturated rings. The van der Waals surface area contributed by atoms with Gasteiger partial charge in [-0.1, -0.05) is 0 Å². The molecule has 0 saturated heterocycles. The Bertz CT molecular complexity index is 887. The van der Waals surface area contributed by atoms with E-state index >= 15 is 0 Å². The number of aromatic nitrogens is 4. The van der Waals surface area contributed by atoms with Gasteiger partial charge in [0.15, 0.2) is 17.5 Å². The molecule has 4 rings (SSSR count). The molecule has 0 aliphatic carbocycles. The third-order valence-corrected chi connectivity index (χ3v) is 4.11. The van der Waals surface area contributed by atoms with Crippen LogP contribution < -0.4 is 9.64 Å². The fourth-order valence-corrected chi connectivity index (χ4v) is 2.99. The molecule has 1 aliphatic heterocycles. The Hall–Kier alpha value is -2.93. The number of ether oxygens (including phenoxy) is 1. The van der Waals surface area contributed by atoms with Gasteiger partial charge in [0, 0.05) is 11.9 Å². The number of fused-ring (bicyclic) bond motifs is 3. The standard InChI is InChI=1S/C18H20N6O/c1-22(2)11-16-20-17-12-23(13-6-8-14(25-3)9-7-13)18-15(24(17)21-16)5-4-10-19-18/h4-10H,11-12H2,1-3H3. The highest BCUT2D eigenvalue weighted by molar-refractivity contribution is 5.70. The second kappa shape index (κ2) is 6.18. The van der Waals surface area contributed by atoms with Gasteiger partial charge in [0.1, 0.15) is 11.4 Å². The van der Waals surface area contributed by atoms with Gasteiger partial charge < -0.3 is 14.5 Å². The Labute approximate surface area is 146 Å². The summed E-state index contributed by atoms with van der Waals surface area (Å²) in [5.41, 5.74) is 1.99. The van der Waals surface area contributed by atoms with Crippen molar-refractivity contribution in [3.8, 4) is 11.4 Å². The van der Waals surface area contributed by atoms with E-state index in [2.05, 4.69) is 19.9 Å². The van der Waals surface area contributed by atoms with Gasteiger partial charge in [0.05, 0.1) is 20.2 Å². The van der Waals surface area contributed by atoms with E-state index in [0.29, 0.717) is 13.1 Å². The SMILES string of the molecule is COc1ccc(N2Cc3nc(CN(C)C)nn3-c3cccnc32)cc1. The Morgan fingerprint density at radius 1 is 1.16 bits per heavy atom. The van der Waals surface area contributed by atoms with Gasteiger partial charge in [-0.2, -0.15) is 0 Å². The van der Waals surface area contributed by atoms with Gasteiger partial charge >= 0.3 is 0 Å². The average molecular weight is 336 g/mol. The van der Waals surface area contributed by atoms with Gasteiger partial charge in [-0.3, -0.25) is 0 Å². The van der Waals surface area contributed by atoms with Gasteiger partial charge in [-0.25, -0.2) is 14.6 Å². The zero-order chi connectivity index (χ0) is 17.4. The molecule has 7 heteroatoms. The maximum atomic E-state index is 5.26. The van der Waals surface area contributed by atoms with E-state index in [-0.39, 0.29) is 0 Å². The number of methoxy groups -OCH3 is 1. The third-order valence-electron chi connectivity index (χ3n) is 4.11. The summed E-state index contributed by atoms with van der Waals surface area (Å²) >= 11 is 0. The first-order chi connectivity index (χ1) is 12.2. The van der Waals surface area contributed by atoms with Crippen LogP contribution in [0.2, 0.25) is 0 Å². The first-order valence-electron chi connectivity index (χ1n) is 8.12. The van der Waals surface area contributed by atoms with Crippen molar-refractivity contribution in [3.05, 3.63) is 54.2 Å². The largest absolute Gasteiger partial charge is 0.497 e. The number of pyridine rings is 1. The number of nitrogens with zero attached hydrogens (tertiary/aromatic N) is 6. The molecule has 7 nitrogen and oxygen atoms in total. The minimum atomic E-state index is 0.622. The van der Waals surface area contributed by atoms with E-state index in [1.165, 1.54) is 0 Å². The van der Waals surface area contributed by atoms with E-state index in [1.54, 1.807) is 13.3 Å². The molecule has 0 radical (unpaired) electrons. The molecule has 0 amide bonds. The van der Waals surface area contributed by atoms with Crippen molar-refractivity contribution in [2.45, 2.75) is 13.1 Å². The second-order valence-corrected chi connectivity index (χ2v) is 6.22. The number of hydrogen-bond donors (Lipinski definition) is 0. The van der Waals surface area contributed by atoms with Crippen LogP contribution in [0.15, 0.2) is 42.6 Å². The van der Waals surface area contributed by atoms with E-state index in [0.717, 1.165) is 34.6 Å². The fraction of sp³-hybridized carbons (Fsp3) is 0.278. The molecule has 1 aromatic carbocycles. The molecule has 0 N–H and O–H groups in total. The molecule has 2 aromatic heterocycles. The van der Waals surface area contributed by atoms with Crippen LogP contribution in [0.4, 0.5) is 11.5 Å². The first-order valence-corrected chi connectivity index (χ1v) is 8.12. The van der Waals surface area contributed by atoms with Crippen LogP contribution in [0.3, 0.4) is 0 Å². The quantitative estimate of drug-likeness (QED) is 0.729. The molecule has 1 aliphatic rings. The summed E-state index contributed by atoms with van der Waals surface area (Å²) < 4.78 is 7.16. The van der Waals surface area contributed by atoms with Gasteiger partial charge in [0.25, 0.3) is 0 Å². The summed E-state index contributed by atoms with van der Waals surface area (Å²) in [6, 6.07) is 11.9. The number of hydrogen-bond acceptors (Lipinski definition) is 6. The molecule has 25 heavy (non-hydrogen) atoms. The molecule has 0 spiro atoms. The molecule has 3 aromatic rings. The molecule has 0 atom stereocenters. The lowest BCUT2D eigenvalue weighted by Crippen LogP contribution is -2.27. The topological polar surface area (TPSA) is 59.3 Å². The molecule has 0 bridgehead atoms. The Morgan fingerprint density at radius 2 is 1.96 bits per heavy atom. The van der Waals surface area contributed by atoms with Crippen molar-refractivity contribution in [2.24, 2.45) is 0 Å². The Morgan fingerprint density at radius 3 is 2.68 bits per heavy atom. The molecule has 0 unspecified atom stereocenters. The smallest absolute Gasteiger partial charge is 0.165 e. The Balaban J connectivity index is 1.77. The highest BCUT2D eigenvalue weighted by Crippen LogP contribution is 2.35. The van der Waals surface area contributed by atoms with Crippen molar-refractivity contribution in [1.82, 2.24) is 24.6 Å². The van der Waals surface area contributed by atoms with Crippen LogP contribution in [0.1, 0.15) is 11.6 Å². The van der Waals surface area contributed by atoms with Gasteiger partial charge in [-0.15, -0.1) is 5.10 Å². The predicted molar refractivity (Wildman–Crippen MR) is 95.4 cm³/mol. The zero-order valence-corrected chi connectivity index (χ0v) is 14.5. The molecule has 3 heterocycles. The minimum Gasteiger partial charge on any atom is -0.497 e. The van der Waals surface area contributed by atoms with Crippen LogP contribution in [0, 0.1) is 0 Å². The number of benzene rings is 1. The highest BCUT2D eigenvalue weighted by Gasteiger charge is 2.27. The van der Waals surface area contributed by atoms with E-state index in [9.17, 15) is 0 Å². The van der Waals surface area contributed by atoms with Crippen molar-refractivity contribution in [2.75, 3.05) is 26.1 Å². The van der Waals surface area contributed by atoms with Crippen molar-refractivity contribution < 1.29 is 4.74 Å². The minimum absolute atomic E-state index is 0.622.